The fourth-order valence-corrected chi connectivity index (χ4v) is 3.60. The average molecular weight is 398 g/mol. The van der Waals surface area contributed by atoms with E-state index in [4.69, 9.17) is 4.98 Å². The molecular weight excluding hydrogens is 376 g/mol. The molecule has 1 unspecified atom stereocenters. The molecule has 3 heterocycles. The first-order valence-corrected chi connectivity index (χ1v) is 9.87. The summed E-state index contributed by atoms with van der Waals surface area (Å²) in [6, 6.07) is 4.63. The molecule has 0 aromatic carbocycles. The topological polar surface area (TPSA) is 97.1 Å². The summed E-state index contributed by atoms with van der Waals surface area (Å²) >= 11 is 1.52. The van der Waals surface area contributed by atoms with Crippen molar-refractivity contribution in [1.29, 1.82) is 0 Å². The number of nitrogens with zero attached hydrogens (tertiary/aromatic N) is 3. The molecular formula is C20H22N4O3S. The molecule has 2 N–H and O–H groups in total. The van der Waals surface area contributed by atoms with E-state index >= 15 is 0 Å². The lowest BCUT2D eigenvalue weighted by molar-refractivity contribution is -0.139. The van der Waals surface area contributed by atoms with Crippen LogP contribution in [-0.4, -0.2) is 37.8 Å². The zero-order chi connectivity index (χ0) is 20.3. The number of amides is 1. The first kappa shape index (κ1) is 19.8. The Labute approximate surface area is 166 Å². The number of carbonyl (C=O) groups is 2. The smallest absolute Gasteiger partial charge is 0.326 e. The van der Waals surface area contributed by atoms with E-state index in [0.717, 1.165) is 4.88 Å². The van der Waals surface area contributed by atoms with Crippen LogP contribution in [-0.2, 0) is 4.79 Å². The van der Waals surface area contributed by atoms with Crippen molar-refractivity contribution in [3.05, 3.63) is 48.0 Å². The van der Waals surface area contributed by atoms with Gasteiger partial charge in [-0.2, -0.15) is 5.10 Å². The number of pyridine rings is 1. The highest BCUT2D eigenvalue weighted by molar-refractivity contribution is 7.13. The highest BCUT2D eigenvalue weighted by Gasteiger charge is 2.23. The Bertz CT molecular complexity index is 1010. The maximum atomic E-state index is 13.0. The van der Waals surface area contributed by atoms with Gasteiger partial charge >= 0.3 is 5.97 Å². The summed E-state index contributed by atoms with van der Waals surface area (Å²) in [5.74, 6) is -1.53. The van der Waals surface area contributed by atoms with E-state index < -0.39 is 17.9 Å². The number of carboxylic acids is 1. The molecule has 1 amide bonds. The fraction of sp³-hybridized carbons (Fsp3) is 0.300. The number of allylic oxidation sites excluding steroid dienone is 1. The molecule has 0 saturated heterocycles. The van der Waals surface area contributed by atoms with Crippen LogP contribution in [0.1, 0.15) is 43.1 Å². The van der Waals surface area contributed by atoms with Crippen molar-refractivity contribution >= 4 is 34.2 Å². The van der Waals surface area contributed by atoms with Gasteiger partial charge in [0.25, 0.3) is 5.91 Å². The zero-order valence-electron chi connectivity index (χ0n) is 15.8. The van der Waals surface area contributed by atoms with Crippen LogP contribution in [0.2, 0.25) is 0 Å². The summed E-state index contributed by atoms with van der Waals surface area (Å²) in [4.78, 5) is 30.1. The second-order valence-electron chi connectivity index (χ2n) is 6.68. The van der Waals surface area contributed by atoms with Gasteiger partial charge in [0.05, 0.1) is 27.7 Å². The Morgan fingerprint density at radius 2 is 2.21 bits per heavy atom. The molecule has 7 nitrogen and oxygen atoms in total. The number of thiophene rings is 1. The second-order valence-corrected chi connectivity index (χ2v) is 7.63. The minimum Gasteiger partial charge on any atom is -0.480 e. The SMILES string of the molecule is C=CCCC(NC(=O)c1cc(-c2cccs2)nc2c1cnn2C(C)C)C(=O)O. The normalized spacial score (nSPS) is 12.2. The van der Waals surface area contributed by atoms with Gasteiger partial charge in [-0.25, -0.2) is 14.5 Å². The van der Waals surface area contributed by atoms with Crippen LogP contribution in [0.4, 0.5) is 0 Å². The van der Waals surface area contributed by atoms with Gasteiger partial charge < -0.3 is 10.4 Å². The van der Waals surface area contributed by atoms with E-state index in [1.807, 2.05) is 31.4 Å². The van der Waals surface area contributed by atoms with E-state index in [1.54, 1.807) is 23.0 Å². The third-order valence-electron chi connectivity index (χ3n) is 4.34. The van der Waals surface area contributed by atoms with Crippen molar-refractivity contribution in [1.82, 2.24) is 20.1 Å². The average Bonchev–Trinajstić information content (AvgIpc) is 3.33. The lowest BCUT2D eigenvalue weighted by Crippen LogP contribution is -2.40. The molecule has 0 aliphatic heterocycles. The van der Waals surface area contributed by atoms with Gasteiger partial charge in [0.15, 0.2) is 5.65 Å². The number of hydrogen-bond acceptors (Lipinski definition) is 5. The Morgan fingerprint density at radius 3 is 2.82 bits per heavy atom. The van der Waals surface area contributed by atoms with Crippen molar-refractivity contribution in [3.8, 4) is 10.6 Å². The molecule has 3 rings (SSSR count). The van der Waals surface area contributed by atoms with Crippen LogP contribution in [0.3, 0.4) is 0 Å². The predicted octanol–water partition coefficient (Wildman–Crippen LogP) is 3.89. The van der Waals surface area contributed by atoms with Gasteiger partial charge in [-0.1, -0.05) is 12.1 Å². The minimum atomic E-state index is -1.07. The van der Waals surface area contributed by atoms with Gasteiger partial charge in [-0.3, -0.25) is 4.79 Å². The molecule has 3 aromatic rings. The van der Waals surface area contributed by atoms with E-state index in [0.29, 0.717) is 28.7 Å². The Kier molecular flexibility index (Phi) is 5.89. The molecule has 0 radical (unpaired) electrons. The van der Waals surface area contributed by atoms with E-state index in [1.165, 1.54) is 11.3 Å². The number of rotatable bonds is 8. The van der Waals surface area contributed by atoms with E-state index in [2.05, 4.69) is 17.0 Å². The number of carboxylic acid groups (broad SMARTS) is 1. The second kappa shape index (κ2) is 8.35. The molecule has 0 aliphatic carbocycles. The number of hydrogen-bond donors (Lipinski definition) is 2. The number of aromatic nitrogens is 3. The maximum absolute atomic E-state index is 13.0. The fourth-order valence-electron chi connectivity index (χ4n) is 2.91. The lowest BCUT2D eigenvalue weighted by Gasteiger charge is -2.15. The summed E-state index contributed by atoms with van der Waals surface area (Å²) < 4.78 is 1.76. The molecule has 146 valence electrons. The molecule has 8 heteroatoms. The van der Waals surface area contributed by atoms with Crippen LogP contribution >= 0.6 is 11.3 Å². The number of carbonyl (C=O) groups excluding carboxylic acids is 1. The van der Waals surface area contributed by atoms with Crippen molar-refractivity contribution in [3.63, 3.8) is 0 Å². The van der Waals surface area contributed by atoms with Gasteiger partial charge in [0, 0.05) is 6.04 Å². The predicted molar refractivity (Wildman–Crippen MR) is 110 cm³/mol. The number of nitrogens with one attached hydrogen (secondary N) is 1. The summed E-state index contributed by atoms with van der Waals surface area (Å²) in [5.41, 5.74) is 1.63. The zero-order valence-corrected chi connectivity index (χ0v) is 16.6. The van der Waals surface area contributed by atoms with Crippen molar-refractivity contribution in [2.45, 2.75) is 38.8 Å². The minimum absolute atomic E-state index is 0.0684. The Morgan fingerprint density at radius 1 is 1.43 bits per heavy atom. The largest absolute Gasteiger partial charge is 0.480 e. The number of aliphatic carboxylic acids is 1. The van der Waals surface area contributed by atoms with E-state index in [9.17, 15) is 14.7 Å². The first-order valence-electron chi connectivity index (χ1n) is 8.99. The Hall–Kier alpha value is -3.00. The molecule has 3 aromatic heterocycles. The summed E-state index contributed by atoms with van der Waals surface area (Å²) in [7, 11) is 0. The first-order chi connectivity index (χ1) is 13.4. The molecule has 0 bridgehead atoms. The Balaban J connectivity index is 2.07. The highest BCUT2D eigenvalue weighted by atomic mass is 32.1. The van der Waals surface area contributed by atoms with Crippen LogP contribution in [0.5, 0.6) is 0 Å². The summed E-state index contributed by atoms with van der Waals surface area (Å²) in [6.45, 7) is 7.58. The third-order valence-corrected chi connectivity index (χ3v) is 5.23. The van der Waals surface area contributed by atoms with Crippen LogP contribution in [0.15, 0.2) is 42.4 Å². The standard InChI is InChI=1S/C20H22N4O3S/c1-4-5-7-15(20(26)27)23-19(25)13-10-16(17-8-6-9-28-17)22-18-14(13)11-21-24(18)12(2)3/h4,6,8-12,15H,1,5,7H2,2-3H3,(H,23,25)(H,26,27). The van der Waals surface area contributed by atoms with Crippen molar-refractivity contribution < 1.29 is 14.7 Å². The van der Waals surface area contributed by atoms with Crippen LogP contribution < -0.4 is 5.32 Å². The van der Waals surface area contributed by atoms with Crippen molar-refractivity contribution in [2.24, 2.45) is 0 Å². The van der Waals surface area contributed by atoms with Gasteiger partial charge in [-0.15, -0.1) is 17.9 Å². The molecule has 1 atom stereocenters. The summed E-state index contributed by atoms with van der Waals surface area (Å²) in [5, 5.41) is 18.9. The quantitative estimate of drug-likeness (QED) is 0.561. The number of fused-ring (bicyclic) bond motifs is 1. The lowest BCUT2D eigenvalue weighted by atomic mass is 10.1. The van der Waals surface area contributed by atoms with Crippen molar-refractivity contribution in [2.75, 3.05) is 0 Å². The molecule has 0 aliphatic rings. The van der Waals surface area contributed by atoms with Crippen LogP contribution in [0.25, 0.3) is 21.6 Å². The monoisotopic (exact) mass is 398 g/mol. The molecule has 0 fully saturated rings. The summed E-state index contributed by atoms with van der Waals surface area (Å²) in [6.07, 6.45) is 4.01. The highest BCUT2D eigenvalue weighted by Crippen LogP contribution is 2.29. The molecule has 0 spiro atoms. The van der Waals surface area contributed by atoms with Gasteiger partial charge in [-0.05, 0) is 44.2 Å². The van der Waals surface area contributed by atoms with Gasteiger partial charge in [0.1, 0.15) is 6.04 Å². The van der Waals surface area contributed by atoms with E-state index in [-0.39, 0.29) is 12.5 Å². The maximum Gasteiger partial charge on any atom is 0.326 e. The van der Waals surface area contributed by atoms with Crippen LogP contribution in [0, 0.1) is 0 Å². The molecule has 28 heavy (non-hydrogen) atoms. The third kappa shape index (κ3) is 3.96. The molecule has 0 saturated carbocycles. The van der Waals surface area contributed by atoms with Gasteiger partial charge in [0.2, 0.25) is 0 Å².